The monoisotopic (exact) mass is 276 g/mol. The lowest BCUT2D eigenvalue weighted by molar-refractivity contribution is 0.348. The van der Waals surface area contributed by atoms with Gasteiger partial charge in [-0.2, -0.15) is 4.98 Å². The van der Waals surface area contributed by atoms with E-state index in [1.165, 1.54) is 38.5 Å². The standard InChI is InChI=1S/C15H24N4O/c1-9-5-3-4-6-11(9)17-14-12(16)15(20-2)19-13(18-14)10-7-8-10/h9-11H,3-8,16H2,1-2H3,(H,17,18,19). The highest BCUT2D eigenvalue weighted by Crippen LogP contribution is 2.41. The molecule has 0 aromatic carbocycles. The summed E-state index contributed by atoms with van der Waals surface area (Å²) in [4.78, 5) is 9.07. The topological polar surface area (TPSA) is 73.1 Å². The fraction of sp³-hybridized carbons (Fsp3) is 0.733. The summed E-state index contributed by atoms with van der Waals surface area (Å²) in [5.74, 6) is 3.30. The second-order valence-electron chi connectivity index (χ2n) is 6.14. The normalized spacial score (nSPS) is 26.3. The number of rotatable bonds is 4. The molecule has 3 N–H and O–H groups in total. The number of anilines is 2. The Morgan fingerprint density at radius 1 is 1.15 bits per heavy atom. The second-order valence-corrected chi connectivity index (χ2v) is 6.14. The summed E-state index contributed by atoms with van der Waals surface area (Å²) < 4.78 is 5.30. The van der Waals surface area contributed by atoms with Crippen molar-refractivity contribution in [3.8, 4) is 5.88 Å². The number of nitrogens with two attached hydrogens (primary N) is 1. The zero-order valence-corrected chi connectivity index (χ0v) is 12.4. The van der Waals surface area contributed by atoms with Crippen molar-refractivity contribution in [3.05, 3.63) is 5.82 Å². The molecule has 1 aromatic rings. The average molecular weight is 276 g/mol. The number of hydrogen-bond acceptors (Lipinski definition) is 5. The predicted molar refractivity (Wildman–Crippen MR) is 80.0 cm³/mol. The van der Waals surface area contributed by atoms with Crippen LogP contribution in [-0.2, 0) is 0 Å². The maximum absolute atomic E-state index is 6.13. The van der Waals surface area contributed by atoms with E-state index in [1.807, 2.05) is 0 Å². The second kappa shape index (κ2) is 5.46. The van der Waals surface area contributed by atoms with Gasteiger partial charge in [-0.05, 0) is 31.6 Å². The van der Waals surface area contributed by atoms with E-state index in [1.54, 1.807) is 7.11 Å². The van der Waals surface area contributed by atoms with Gasteiger partial charge >= 0.3 is 0 Å². The van der Waals surface area contributed by atoms with Crippen molar-refractivity contribution in [2.24, 2.45) is 5.92 Å². The molecule has 2 unspecified atom stereocenters. The molecule has 2 atom stereocenters. The van der Waals surface area contributed by atoms with Crippen LogP contribution in [0.2, 0.25) is 0 Å². The molecule has 1 heterocycles. The summed E-state index contributed by atoms with van der Waals surface area (Å²) in [7, 11) is 1.61. The van der Waals surface area contributed by atoms with Crippen LogP contribution >= 0.6 is 0 Å². The van der Waals surface area contributed by atoms with Gasteiger partial charge in [0.15, 0.2) is 5.82 Å². The molecule has 2 aliphatic carbocycles. The largest absolute Gasteiger partial charge is 0.479 e. The first kappa shape index (κ1) is 13.5. The zero-order valence-electron chi connectivity index (χ0n) is 12.4. The maximum atomic E-state index is 6.13. The Hall–Kier alpha value is -1.52. The number of ether oxygens (including phenoxy) is 1. The van der Waals surface area contributed by atoms with Crippen molar-refractivity contribution in [1.82, 2.24) is 9.97 Å². The molecule has 2 aliphatic rings. The fourth-order valence-corrected chi connectivity index (χ4v) is 2.96. The fourth-order valence-electron chi connectivity index (χ4n) is 2.96. The van der Waals surface area contributed by atoms with Crippen molar-refractivity contribution >= 4 is 11.5 Å². The van der Waals surface area contributed by atoms with E-state index in [-0.39, 0.29) is 0 Å². The smallest absolute Gasteiger partial charge is 0.242 e. The molecule has 0 aliphatic heterocycles. The lowest BCUT2D eigenvalue weighted by atomic mass is 9.86. The van der Waals surface area contributed by atoms with Crippen LogP contribution in [0.1, 0.15) is 57.2 Å². The van der Waals surface area contributed by atoms with Crippen LogP contribution in [0.15, 0.2) is 0 Å². The first-order valence-corrected chi connectivity index (χ1v) is 7.67. The van der Waals surface area contributed by atoms with Gasteiger partial charge in [-0.15, -0.1) is 0 Å². The summed E-state index contributed by atoms with van der Waals surface area (Å²) >= 11 is 0. The Morgan fingerprint density at radius 3 is 2.55 bits per heavy atom. The highest BCUT2D eigenvalue weighted by molar-refractivity contribution is 5.67. The Morgan fingerprint density at radius 2 is 1.90 bits per heavy atom. The number of methoxy groups -OCH3 is 1. The van der Waals surface area contributed by atoms with Crippen molar-refractivity contribution in [2.45, 2.75) is 57.4 Å². The van der Waals surface area contributed by atoms with Gasteiger partial charge in [0.2, 0.25) is 5.88 Å². The Labute approximate surface area is 120 Å². The SMILES string of the molecule is COc1nc(C2CC2)nc(NC2CCCCC2C)c1N. The third-order valence-electron chi connectivity index (χ3n) is 4.50. The van der Waals surface area contributed by atoms with Gasteiger partial charge in [-0.1, -0.05) is 19.8 Å². The minimum absolute atomic E-state index is 0.456. The molecule has 3 rings (SSSR count). The highest BCUT2D eigenvalue weighted by Gasteiger charge is 2.30. The van der Waals surface area contributed by atoms with Crippen molar-refractivity contribution < 1.29 is 4.74 Å². The summed E-state index contributed by atoms with van der Waals surface area (Å²) in [5, 5.41) is 3.54. The van der Waals surface area contributed by atoms with Crippen LogP contribution in [0, 0.1) is 5.92 Å². The van der Waals surface area contributed by atoms with Crippen LogP contribution in [0.5, 0.6) is 5.88 Å². The Balaban J connectivity index is 1.85. The number of nitrogens with one attached hydrogen (secondary N) is 1. The van der Waals surface area contributed by atoms with E-state index < -0.39 is 0 Å². The third-order valence-corrected chi connectivity index (χ3v) is 4.50. The van der Waals surface area contributed by atoms with Gasteiger partial charge in [0.25, 0.3) is 0 Å². The zero-order chi connectivity index (χ0) is 14.1. The van der Waals surface area contributed by atoms with Crippen molar-refractivity contribution in [2.75, 3.05) is 18.2 Å². The molecule has 5 nitrogen and oxygen atoms in total. The molecular formula is C15H24N4O. The molecule has 0 saturated heterocycles. The summed E-state index contributed by atoms with van der Waals surface area (Å²) in [5.41, 5.74) is 6.67. The van der Waals surface area contributed by atoms with E-state index in [0.29, 0.717) is 29.4 Å². The predicted octanol–water partition coefficient (Wildman–Crippen LogP) is 2.94. The van der Waals surface area contributed by atoms with Gasteiger partial charge in [-0.3, -0.25) is 0 Å². The molecule has 20 heavy (non-hydrogen) atoms. The summed E-state index contributed by atoms with van der Waals surface area (Å²) in [6.07, 6.45) is 7.41. The van der Waals surface area contributed by atoms with Gasteiger partial charge in [-0.25, -0.2) is 4.98 Å². The molecule has 2 saturated carbocycles. The van der Waals surface area contributed by atoms with Gasteiger partial charge in [0.05, 0.1) is 7.11 Å². The number of hydrogen-bond donors (Lipinski definition) is 2. The van der Waals surface area contributed by atoms with Gasteiger partial charge < -0.3 is 15.8 Å². The van der Waals surface area contributed by atoms with Crippen LogP contribution in [0.4, 0.5) is 11.5 Å². The van der Waals surface area contributed by atoms with Crippen LogP contribution < -0.4 is 15.8 Å². The minimum atomic E-state index is 0.456. The number of aromatic nitrogens is 2. The van der Waals surface area contributed by atoms with E-state index in [2.05, 4.69) is 22.2 Å². The molecule has 0 amide bonds. The molecule has 2 fully saturated rings. The molecule has 0 radical (unpaired) electrons. The Bertz CT molecular complexity index is 487. The lowest BCUT2D eigenvalue weighted by Gasteiger charge is -2.30. The summed E-state index contributed by atoms with van der Waals surface area (Å²) in [6.45, 7) is 2.30. The lowest BCUT2D eigenvalue weighted by Crippen LogP contribution is -2.31. The first-order chi connectivity index (χ1) is 9.69. The third kappa shape index (κ3) is 2.67. The minimum Gasteiger partial charge on any atom is -0.479 e. The van der Waals surface area contributed by atoms with Crippen LogP contribution in [0.3, 0.4) is 0 Å². The Kier molecular flexibility index (Phi) is 3.68. The van der Waals surface area contributed by atoms with Crippen LogP contribution in [0.25, 0.3) is 0 Å². The van der Waals surface area contributed by atoms with Crippen LogP contribution in [-0.4, -0.2) is 23.1 Å². The molecular weight excluding hydrogens is 252 g/mol. The van der Waals surface area contributed by atoms with E-state index >= 15 is 0 Å². The van der Waals surface area contributed by atoms with Gasteiger partial charge in [0.1, 0.15) is 11.5 Å². The van der Waals surface area contributed by atoms with E-state index in [9.17, 15) is 0 Å². The molecule has 1 aromatic heterocycles. The van der Waals surface area contributed by atoms with Crippen molar-refractivity contribution in [1.29, 1.82) is 0 Å². The maximum Gasteiger partial charge on any atom is 0.242 e. The molecule has 0 bridgehead atoms. The van der Waals surface area contributed by atoms with E-state index in [0.717, 1.165) is 11.6 Å². The quantitative estimate of drug-likeness (QED) is 0.884. The first-order valence-electron chi connectivity index (χ1n) is 7.67. The number of nitrogen functional groups attached to an aromatic ring is 1. The average Bonchev–Trinajstić information content (AvgIpc) is 3.28. The van der Waals surface area contributed by atoms with E-state index in [4.69, 9.17) is 10.5 Å². The molecule has 110 valence electrons. The molecule has 0 spiro atoms. The summed E-state index contributed by atoms with van der Waals surface area (Å²) in [6, 6.07) is 0.456. The molecule has 5 heteroatoms. The number of nitrogens with zero attached hydrogens (tertiary/aromatic N) is 2. The van der Waals surface area contributed by atoms with Gasteiger partial charge in [0, 0.05) is 12.0 Å². The highest BCUT2D eigenvalue weighted by atomic mass is 16.5. The van der Waals surface area contributed by atoms with Crippen molar-refractivity contribution in [3.63, 3.8) is 0 Å².